The van der Waals surface area contributed by atoms with Crippen LogP contribution < -0.4 is 0 Å². The van der Waals surface area contributed by atoms with Crippen LogP contribution in [0.5, 0.6) is 5.88 Å². The van der Waals surface area contributed by atoms with Gasteiger partial charge in [0.1, 0.15) is 0 Å². The quantitative estimate of drug-likeness (QED) is 0.893. The molecule has 0 aliphatic carbocycles. The van der Waals surface area contributed by atoms with Crippen LogP contribution in [0.1, 0.15) is 12.5 Å². The van der Waals surface area contributed by atoms with Crippen LogP contribution in [0.4, 0.5) is 0 Å². The summed E-state index contributed by atoms with van der Waals surface area (Å²) in [7, 11) is 0. The number of hydrogen-bond acceptors (Lipinski definition) is 3. The normalized spacial score (nSPS) is 28.9. The lowest BCUT2D eigenvalue weighted by molar-refractivity contribution is 0.281. The Bertz CT molecular complexity index is 593. The maximum atomic E-state index is 10.1. The van der Waals surface area contributed by atoms with Crippen molar-refractivity contribution in [3.63, 3.8) is 0 Å². The van der Waals surface area contributed by atoms with E-state index in [1.165, 1.54) is 19.5 Å². The van der Waals surface area contributed by atoms with Gasteiger partial charge in [-0.3, -0.25) is 4.68 Å². The van der Waals surface area contributed by atoms with Gasteiger partial charge in [0.25, 0.3) is 0 Å². The Labute approximate surface area is 112 Å². The molecular weight excluding hydrogens is 238 g/mol. The highest BCUT2D eigenvalue weighted by Crippen LogP contribution is 2.38. The van der Waals surface area contributed by atoms with Gasteiger partial charge in [-0.2, -0.15) is 0 Å². The Kier molecular flexibility index (Phi) is 2.38. The van der Waals surface area contributed by atoms with Crippen molar-refractivity contribution in [3.05, 3.63) is 36.5 Å². The van der Waals surface area contributed by atoms with E-state index in [4.69, 9.17) is 0 Å². The number of benzene rings is 1. The van der Waals surface area contributed by atoms with E-state index in [1.54, 1.807) is 0 Å². The van der Waals surface area contributed by atoms with Crippen molar-refractivity contribution in [2.75, 3.05) is 19.6 Å². The molecule has 2 aliphatic rings. The molecule has 3 unspecified atom stereocenters. The Morgan fingerprint density at radius 3 is 2.68 bits per heavy atom. The summed E-state index contributed by atoms with van der Waals surface area (Å²) in [5.41, 5.74) is 1.85. The average molecular weight is 255 g/mol. The van der Waals surface area contributed by atoms with Gasteiger partial charge in [0.05, 0.1) is 11.6 Å². The molecule has 2 aromatic rings. The zero-order chi connectivity index (χ0) is 12.8. The molecule has 4 nitrogen and oxygen atoms in total. The Morgan fingerprint density at radius 1 is 1.16 bits per heavy atom. The molecule has 98 valence electrons. The summed E-state index contributed by atoms with van der Waals surface area (Å²) in [6.07, 6.45) is 3.25. The summed E-state index contributed by atoms with van der Waals surface area (Å²) in [5.74, 6) is 0.840. The van der Waals surface area contributed by atoms with Crippen molar-refractivity contribution >= 4 is 0 Å². The molecule has 4 rings (SSSR count). The molecule has 2 bridgehead atoms. The SMILES string of the molecule is Oc1nn(C2CN3CCC2C3)cc1-c1ccccc1. The van der Waals surface area contributed by atoms with Crippen LogP contribution in [0, 0.1) is 5.92 Å². The maximum absolute atomic E-state index is 10.1. The fraction of sp³-hybridized carbons (Fsp3) is 0.400. The van der Waals surface area contributed by atoms with Crippen molar-refractivity contribution in [3.8, 4) is 17.0 Å². The molecule has 1 aromatic heterocycles. The highest BCUT2D eigenvalue weighted by molar-refractivity contribution is 5.67. The summed E-state index contributed by atoms with van der Waals surface area (Å²) in [5, 5.41) is 14.4. The maximum Gasteiger partial charge on any atom is 0.238 e. The topological polar surface area (TPSA) is 41.3 Å². The predicted molar refractivity (Wildman–Crippen MR) is 72.9 cm³/mol. The Balaban J connectivity index is 1.69. The standard InChI is InChI=1S/C15H17N3O/c19-15-13(11-4-2-1-3-5-11)9-18(16-15)14-10-17-7-6-12(14)8-17/h1-5,9,12,14H,6-8,10H2,(H,16,19). The van der Waals surface area contributed by atoms with E-state index in [-0.39, 0.29) is 5.88 Å². The molecule has 0 spiro atoms. The Hall–Kier alpha value is -1.81. The first-order valence-corrected chi connectivity index (χ1v) is 6.87. The van der Waals surface area contributed by atoms with Gasteiger partial charge in [0, 0.05) is 19.3 Å². The number of piperidine rings is 1. The zero-order valence-corrected chi connectivity index (χ0v) is 10.7. The summed E-state index contributed by atoms with van der Waals surface area (Å²) in [6.45, 7) is 3.48. The molecule has 1 N–H and O–H groups in total. The highest BCUT2D eigenvalue weighted by Gasteiger charge is 2.39. The number of rotatable bonds is 2. The number of aromatic nitrogens is 2. The lowest BCUT2D eigenvalue weighted by atomic mass is 10.0. The molecule has 2 saturated heterocycles. The number of hydrogen-bond donors (Lipinski definition) is 1. The molecule has 2 fully saturated rings. The summed E-state index contributed by atoms with van der Waals surface area (Å²) in [4.78, 5) is 2.48. The molecule has 0 amide bonds. The van der Waals surface area contributed by atoms with Crippen molar-refractivity contribution < 1.29 is 5.11 Å². The number of aromatic hydroxyl groups is 1. The zero-order valence-electron chi connectivity index (χ0n) is 10.7. The fourth-order valence-corrected chi connectivity index (χ4v) is 3.43. The minimum Gasteiger partial charge on any atom is -0.492 e. The summed E-state index contributed by atoms with van der Waals surface area (Å²) in [6, 6.07) is 10.4. The first-order valence-electron chi connectivity index (χ1n) is 6.87. The first-order chi connectivity index (χ1) is 9.31. The molecule has 1 aromatic carbocycles. The summed E-state index contributed by atoms with van der Waals surface area (Å²) >= 11 is 0. The molecule has 3 atom stereocenters. The van der Waals surface area contributed by atoms with E-state index in [0.717, 1.165) is 17.7 Å². The van der Waals surface area contributed by atoms with Gasteiger partial charge in [-0.05, 0) is 24.4 Å². The van der Waals surface area contributed by atoms with Crippen LogP contribution in [0.2, 0.25) is 0 Å². The van der Waals surface area contributed by atoms with E-state index in [9.17, 15) is 5.11 Å². The number of nitrogens with zero attached hydrogens (tertiary/aromatic N) is 3. The lowest BCUT2D eigenvalue weighted by Gasteiger charge is -2.22. The van der Waals surface area contributed by atoms with E-state index in [0.29, 0.717) is 12.0 Å². The third-order valence-electron chi connectivity index (χ3n) is 4.44. The molecule has 4 heteroatoms. The molecular formula is C15H17N3O. The van der Waals surface area contributed by atoms with Gasteiger partial charge in [-0.15, -0.1) is 5.10 Å². The van der Waals surface area contributed by atoms with Crippen LogP contribution in [0.15, 0.2) is 36.5 Å². The van der Waals surface area contributed by atoms with Gasteiger partial charge < -0.3 is 10.0 Å². The molecule has 19 heavy (non-hydrogen) atoms. The van der Waals surface area contributed by atoms with Crippen molar-refractivity contribution in [2.45, 2.75) is 12.5 Å². The van der Waals surface area contributed by atoms with Crippen LogP contribution in [0.3, 0.4) is 0 Å². The first kappa shape index (κ1) is 11.1. The predicted octanol–water partition coefficient (Wildman–Crippen LogP) is 2.13. The highest BCUT2D eigenvalue weighted by atomic mass is 16.3. The second-order valence-corrected chi connectivity index (χ2v) is 5.59. The van der Waals surface area contributed by atoms with Crippen LogP contribution in [-0.2, 0) is 0 Å². The van der Waals surface area contributed by atoms with E-state index >= 15 is 0 Å². The second-order valence-electron chi connectivity index (χ2n) is 5.59. The molecule has 0 saturated carbocycles. The van der Waals surface area contributed by atoms with E-state index in [2.05, 4.69) is 10.00 Å². The van der Waals surface area contributed by atoms with Crippen molar-refractivity contribution in [1.82, 2.24) is 14.7 Å². The third-order valence-corrected chi connectivity index (χ3v) is 4.44. The fourth-order valence-electron chi connectivity index (χ4n) is 3.43. The van der Waals surface area contributed by atoms with Crippen molar-refractivity contribution in [1.29, 1.82) is 0 Å². The average Bonchev–Trinajstić information content (AvgIpc) is 3.14. The van der Waals surface area contributed by atoms with Crippen LogP contribution in [-0.4, -0.2) is 39.4 Å². The van der Waals surface area contributed by atoms with Gasteiger partial charge >= 0.3 is 0 Å². The lowest BCUT2D eigenvalue weighted by Crippen LogP contribution is -2.26. The van der Waals surface area contributed by atoms with Crippen LogP contribution >= 0.6 is 0 Å². The van der Waals surface area contributed by atoms with E-state index in [1.807, 2.05) is 41.2 Å². The smallest absolute Gasteiger partial charge is 0.238 e. The minimum atomic E-state index is 0.143. The molecule has 0 radical (unpaired) electrons. The Morgan fingerprint density at radius 2 is 2.00 bits per heavy atom. The van der Waals surface area contributed by atoms with Gasteiger partial charge in [-0.25, -0.2) is 0 Å². The molecule has 3 heterocycles. The van der Waals surface area contributed by atoms with Crippen LogP contribution in [0.25, 0.3) is 11.1 Å². The third kappa shape index (κ3) is 1.75. The summed E-state index contributed by atoms with van der Waals surface area (Å²) < 4.78 is 1.97. The monoisotopic (exact) mass is 255 g/mol. The molecule has 2 aliphatic heterocycles. The van der Waals surface area contributed by atoms with E-state index < -0.39 is 0 Å². The van der Waals surface area contributed by atoms with Gasteiger partial charge in [0.2, 0.25) is 5.88 Å². The largest absolute Gasteiger partial charge is 0.492 e. The minimum absolute atomic E-state index is 0.143. The van der Waals surface area contributed by atoms with Gasteiger partial charge in [-0.1, -0.05) is 30.3 Å². The van der Waals surface area contributed by atoms with Gasteiger partial charge in [0.15, 0.2) is 0 Å². The number of fused-ring (bicyclic) bond motifs is 2. The second kappa shape index (κ2) is 4.10. The van der Waals surface area contributed by atoms with Crippen molar-refractivity contribution in [2.24, 2.45) is 5.92 Å².